The van der Waals surface area contributed by atoms with Gasteiger partial charge in [-0.2, -0.15) is 5.10 Å². The molecular formula is C16H15N5O3. The van der Waals surface area contributed by atoms with Crippen LogP contribution in [0, 0.1) is 6.92 Å². The van der Waals surface area contributed by atoms with Crippen molar-refractivity contribution in [2.45, 2.75) is 6.92 Å². The number of carbonyl (C=O) groups is 2. The standard InChI is InChI=1S/C16H15N5O3/c1-10-8-12(14(19-10)16(23)24-2)20-15(22)11-4-6-17-13(9-11)21-7-3-5-18-21/h3-9,19H,1-2H3,(H,20,22). The lowest BCUT2D eigenvalue weighted by molar-refractivity contribution is 0.0596. The summed E-state index contributed by atoms with van der Waals surface area (Å²) < 4.78 is 6.26. The summed E-state index contributed by atoms with van der Waals surface area (Å²) in [6.45, 7) is 1.78. The SMILES string of the molecule is COC(=O)c1[nH]c(C)cc1NC(=O)c1ccnc(-n2cccn2)c1. The van der Waals surface area contributed by atoms with E-state index in [0.29, 0.717) is 17.1 Å². The first kappa shape index (κ1) is 15.5. The number of aromatic amines is 1. The molecule has 0 saturated carbocycles. The number of pyridine rings is 1. The molecule has 2 N–H and O–H groups in total. The van der Waals surface area contributed by atoms with Crippen molar-refractivity contribution < 1.29 is 14.3 Å². The minimum Gasteiger partial charge on any atom is -0.464 e. The van der Waals surface area contributed by atoms with Crippen molar-refractivity contribution in [2.24, 2.45) is 0 Å². The predicted molar refractivity (Wildman–Crippen MR) is 86.2 cm³/mol. The molecule has 0 fully saturated rings. The number of carbonyl (C=O) groups excluding carboxylic acids is 2. The van der Waals surface area contributed by atoms with Crippen LogP contribution in [-0.2, 0) is 4.74 Å². The number of H-pyrrole nitrogens is 1. The molecule has 0 aliphatic rings. The molecule has 0 unspecified atom stereocenters. The first-order valence-corrected chi connectivity index (χ1v) is 7.14. The zero-order chi connectivity index (χ0) is 17.1. The molecule has 0 atom stereocenters. The highest BCUT2D eigenvalue weighted by atomic mass is 16.5. The van der Waals surface area contributed by atoms with E-state index in [1.54, 1.807) is 48.3 Å². The molecule has 0 radical (unpaired) electrons. The maximum atomic E-state index is 12.5. The third-order valence-corrected chi connectivity index (χ3v) is 3.34. The summed E-state index contributed by atoms with van der Waals surface area (Å²) in [5.74, 6) is -0.397. The number of nitrogens with zero attached hydrogens (tertiary/aromatic N) is 3. The normalized spacial score (nSPS) is 10.4. The van der Waals surface area contributed by atoms with Crippen LogP contribution >= 0.6 is 0 Å². The van der Waals surface area contributed by atoms with Gasteiger partial charge in [0.1, 0.15) is 5.69 Å². The smallest absolute Gasteiger partial charge is 0.356 e. The van der Waals surface area contributed by atoms with Gasteiger partial charge < -0.3 is 15.0 Å². The van der Waals surface area contributed by atoms with Crippen LogP contribution in [0.1, 0.15) is 26.5 Å². The Balaban J connectivity index is 1.86. The summed E-state index contributed by atoms with van der Waals surface area (Å²) in [6.07, 6.45) is 4.88. The first-order chi connectivity index (χ1) is 11.6. The molecule has 24 heavy (non-hydrogen) atoms. The maximum absolute atomic E-state index is 12.5. The minimum atomic E-state index is -0.551. The number of hydrogen-bond acceptors (Lipinski definition) is 5. The maximum Gasteiger partial charge on any atom is 0.356 e. The number of amides is 1. The summed E-state index contributed by atoms with van der Waals surface area (Å²) in [5.41, 5.74) is 1.69. The molecule has 8 nitrogen and oxygen atoms in total. The second-order valence-corrected chi connectivity index (χ2v) is 5.04. The van der Waals surface area contributed by atoms with Gasteiger partial charge in [0.2, 0.25) is 0 Å². The fourth-order valence-corrected chi connectivity index (χ4v) is 2.23. The molecule has 3 aromatic rings. The minimum absolute atomic E-state index is 0.199. The molecular weight excluding hydrogens is 310 g/mol. The molecule has 0 saturated heterocycles. The van der Waals surface area contributed by atoms with Gasteiger partial charge in [0, 0.05) is 29.8 Å². The Morgan fingerprint density at radius 2 is 2.12 bits per heavy atom. The number of esters is 1. The van der Waals surface area contributed by atoms with Gasteiger partial charge in [-0.3, -0.25) is 4.79 Å². The highest BCUT2D eigenvalue weighted by Crippen LogP contribution is 2.19. The van der Waals surface area contributed by atoms with E-state index in [-0.39, 0.29) is 11.6 Å². The molecule has 122 valence electrons. The Morgan fingerprint density at radius 1 is 1.29 bits per heavy atom. The molecule has 3 heterocycles. The molecule has 0 bridgehead atoms. The van der Waals surface area contributed by atoms with E-state index in [4.69, 9.17) is 4.74 Å². The first-order valence-electron chi connectivity index (χ1n) is 7.14. The summed E-state index contributed by atoms with van der Waals surface area (Å²) >= 11 is 0. The van der Waals surface area contributed by atoms with E-state index < -0.39 is 5.97 Å². The predicted octanol–water partition coefficient (Wildman–Crippen LogP) is 1.94. The fraction of sp³-hybridized carbons (Fsp3) is 0.125. The Labute approximate surface area is 137 Å². The number of aryl methyl sites for hydroxylation is 1. The highest BCUT2D eigenvalue weighted by molar-refractivity contribution is 6.07. The third-order valence-electron chi connectivity index (χ3n) is 3.34. The topological polar surface area (TPSA) is 102 Å². The number of hydrogen-bond donors (Lipinski definition) is 2. The van der Waals surface area contributed by atoms with Crippen molar-refractivity contribution in [3.05, 3.63) is 59.8 Å². The zero-order valence-corrected chi connectivity index (χ0v) is 13.1. The lowest BCUT2D eigenvalue weighted by Gasteiger charge is -2.07. The average molecular weight is 325 g/mol. The van der Waals surface area contributed by atoms with Crippen molar-refractivity contribution in [1.82, 2.24) is 19.7 Å². The number of ether oxygens (including phenoxy) is 1. The average Bonchev–Trinajstić information content (AvgIpc) is 3.24. The van der Waals surface area contributed by atoms with Gasteiger partial charge in [-0.05, 0) is 31.2 Å². The van der Waals surface area contributed by atoms with Crippen LogP contribution < -0.4 is 5.32 Å². The molecule has 1 amide bonds. The fourth-order valence-electron chi connectivity index (χ4n) is 2.23. The quantitative estimate of drug-likeness (QED) is 0.714. The molecule has 0 spiro atoms. The number of anilines is 1. The van der Waals surface area contributed by atoms with Gasteiger partial charge in [0.25, 0.3) is 5.91 Å². The summed E-state index contributed by atoms with van der Waals surface area (Å²) in [5, 5.41) is 6.79. The van der Waals surface area contributed by atoms with Crippen LogP contribution in [0.25, 0.3) is 5.82 Å². The molecule has 8 heteroatoms. The molecule has 3 rings (SSSR count). The largest absolute Gasteiger partial charge is 0.464 e. The van der Waals surface area contributed by atoms with E-state index in [0.717, 1.165) is 5.69 Å². The van der Waals surface area contributed by atoms with Crippen molar-refractivity contribution in [3.63, 3.8) is 0 Å². The number of aromatic nitrogens is 4. The van der Waals surface area contributed by atoms with E-state index in [1.165, 1.54) is 13.3 Å². The van der Waals surface area contributed by atoms with Gasteiger partial charge in [-0.15, -0.1) is 0 Å². The zero-order valence-electron chi connectivity index (χ0n) is 13.1. The van der Waals surface area contributed by atoms with Crippen LogP contribution in [0.4, 0.5) is 5.69 Å². The monoisotopic (exact) mass is 325 g/mol. The van der Waals surface area contributed by atoms with Crippen molar-refractivity contribution >= 4 is 17.6 Å². The molecule has 0 aliphatic carbocycles. The second-order valence-electron chi connectivity index (χ2n) is 5.04. The lowest BCUT2D eigenvalue weighted by Crippen LogP contribution is -2.15. The highest BCUT2D eigenvalue weighted by Gasteiger charge is 2.18. The molecule has 3 aromatic heterocycles. The van der Waals surface area contributed by atoms with E-state index in [1.807, 2.05) is 0 Å². The number of rotatable bonds is 4. The van der Waals surface area contributed by atoms with Crippen LogP contribution in [0.2, 0.25) is 0 Å². The molecule has 0 aliphatic heterocycles. The van der Waals surface area contributed by atoms with Gasteiger partial charge in [-0.1, -0.05) is 0 Å². The van der Waals surface area contributed by atoms with Crippen LogP contribution in [-0.4, -0.2) is 38.7 Å². The van der Waals surface area contributed by atoms with E-state index >= 15 is 0 Å². The Hall–Kier alpha value is -3.42. The Kier molecular flexibility index (Phi) is 4.11. The van der Waals surface area contributed by atoms with Crippen molar-refractivity contribution in [3.8, 4) is 5.82 Å². The van der Waals surface area contributed by atoms with Crippen molar-refractivity contribution in [1.29, 1.82) is 0 Å². The van der Waals surface area contributed by atoms with Crippen molar-refractivity contribution in [2.75, 3.05) is 12.4 Å². The van der Waals surface area contributed by atoms with E-state index in [2.05, 4.69) is 20.4 Å². The second kappa shape index (κ2) is 6.37. The summed E-state index contributed by atoms with van der Waals surface area (Å²) in [6, 6.07) is 6.62. The van der Waals surface area contributed by atoms with Crippen LogP contribution in [0.15, 0.2) is 42.9 Å². The number of methoxy groups -OCH3 is 1. The van der Waals surface area contributed by atoms with E-state index in [9.17, 15) is 9.59 Å². The van der Waals surface area contributed by atoms with Gasteiger partial charge in [-0.25, -0.2) is 14.5 Å². The third kappa shape index (κ3) is 3.02. The van der Waals surface area contributed by atoms with Gasteiger partial charge >= 0.3 is 5.97 Å². The van der Waals surface area contributed by atoms with Gasteiger partial charge in [0.05, 0.1) is 12.8 Å². The molecule has 0 aromatic carbocycles. The summed E-state index contributed by atoms with van der Waals surface area (Å²) in [7, 11) is 1.28. The number of nitrogens with one attached hydrogen (secondary N) is 2. The lowest BCUT2D eigenvalue weighted by atomic mass is 10.2. The Bertz CT molecular complexity index is 883. The van der Waals surface area contributed by atoms with Crippen LogP contribution in [0.3, 0.4) is 0 Å². The summed E-state index contributed by atoms with van der Waals surface area (Å²) in [4.78, 5) is 31.3. The van der Waals surface area contributed by atoms with Crippen LogP contribution in [0.5, 0.6) is 0 Å². The Morgan fingerprint density at radius 3 is 2.83 bits per heavy atom. The van der Waals surface area contributed by atoms with Gasteiger partial charge in [0.15, 0.2) is 5.82 Å².